The lowest BCUT2D eigenvalue weighted by molar-refractivity contribution is 0.0973. The molecule has 2 aromatic rings. The summed E-state index contributed by atoms with van der Waals surface area (Å²) in [6, 6.07) is 10.6. The highest BCUT2D eigenvalue weighted by molar-refractivity contribution is 5.94. The fraction of sp³-hybridized carbons (Fsp3) is 0.294. The number of rotatable bonds is 6. The van der Waals surface area contributed by atoms with Crippen molar-refractivity contribution in [2.75, 3.05) is 5.73 Å². The number of carbonyl (C=O) groups excluding carboxylic acids is 1. The van der Waals surface area contributed by atoms with E-state index in [0.29, 0.717) is 29.3 Å². The first-order chi connectivity index (χ1) is 10.2. The molecular weight excluding hydrogens is 264 g/mol. The summed E-state index contributed by atoms with van der Waals surface area (Å²) in [7, 11) is 0. The molecule has 0 spiro atoms. The van der Waals surface area contributed by atoms with Crippen LogP contribution in [-0.4, -0.2) is 10.8 Å². The van der Waals surface area contributed by atoms with Crippen LogP contribution in [0.2, 0.25) is 0 Å². The molecule has 1 aromatic heterocycles. The first kappa shape index (κ1) is 13.6. The molecule has 0 aliphatic heterocycles. The number of nitrogens with two attached hydrogens (primary N) is 1. The zero-order chi connectivity index (χ0) is 14.7. The Labute approximate surface area is 124 Å². The molecule has 1 heterocycles. The van der Waals surface area contributed by atoms with E-state index in [1.807, 2.05) is 0 Å². The molecule has 1 fully saturated rings. The average molecular weight is 282 g/mol. The van der Waals surface area contributed by atoms with Crippen LogP contribution in [0, 0.1) is 5.92 Å². The Hall–Kier alpha value is -2.36. The molecule has 4 nitrogen and oxygen atoms in total. The highest BCUT2D eigenvalue weighted by Crippen LogP contribution is 2.34. The van der Waals surface area contributed by atoms with E-state index in [4.69, 9.17) is 10.5 Å². The van der Waals surface area contributed by atoms with Crippen molar-refractivity contribution in [2.45, 2.75) is 25.7 Å². The number of ketones is 1. The summed E-state index contributed by atoms with van der Waals surface area (Å²) < 4.78 is 5.71. The molecular formula is C17H18N2O2. The molecule has 2 N–H and O–H groups in total. The Kier molecular flexibility index (Phi) is 3.86. The smallest absolute Gasteiger partial charge is 0.181 e. The fourth-order valence-electron chi connectivity index (χ4n) is 2.17. The lowest BCUT2D eigenvalue weighted by atomic mass is 10.1. The number of benzene rings is 1. The highest BCUT2D eigenvalue weighted by atomic mass is 16.5. The maximum absolute atomic E-state index is 12.1. The second-order valence-electron chi connectivity index (χ2n) is 5.45. The van der Waals surface area contributed by atoms with Gasteiger partial charge in [0.2, 0.25) is 0 Å². The first-order valence-corrected chi connectivity index (χ1v) is 7.23. The van der Waals surface area contributed by atoms with Gasteiger partial charge in [0.05, 0.1) is 0 Å². The maximum atomic E-state index is 12.1. The molecule has 108 valence electrons. The molecule has 0 unspecified atom stereocenters. The molecule has 1 aliphatic carbocycles. The third kappa shape index (κ3) is 3.81. The van der Waals surface area contributed by atoms with Crippen LogP contribution in [0.25, 0.3) is 0 Å². The SMILES string of the molecule is Nc1ccc(Oc2ccnc(C(=O)CCC3CC3)c2)cc1. The Balaban J connectivity index is 1.66. The number of nitrogen functional groups attached to an aromatic ring is 1. The van der Waals surface area contributed by atoms with Gasteiger partial charge in [-0.15, -0.1) is 0 Å². The second kappa shape index (κ2) is 5.95. The summed E-state index contributed by atoms with van der Waals surface area (Å²) in [5.41, 5.74) is 6.80. The summed E-state index contributed by atoms with van der Waals surface area (Å²) in [4.78, 5) is 16.2. The van der Waals surface area contributed by atoms with E-state index in [2.05, 4.69) is 4.98 Å². The lowest BCUT2D eigenvalue weighted by Crippen LogP contribution is -2.02. The van der Waals surface area contributed by atoms with E-state index >= 15 is 0 Å². The van der Waals surface area contributed by atoms with Crippen molar-refractivity contribution in [3.05, 3.63) is 48.3 Å². The molecule has 1 saturated carbocycles. The molecule has 4 heteroatoms. The number of carbonyl (C=O) groups is 1. The quantitative estimate of drug-likeness (QED) is 0.646. The fourth-order valence-corrected chi connectivity index (χ4v) is 2.17. The molecule has 3 rings (SSSR count). The van der Waals surface area contributed by atoms with Crippen molar-refractivity contribution in [1.82, 2.24) is 4.98 Å². The third-order valence-electron chi connectivity index (χ3n) is 3.61. The van der Waals surface area contributed by atoms with E-state index in [1.165, 1.54) is 12.8 Å². The molecule has 21 heavy (non-hydrogen) atoms. The maximum Gasteiger partial charge on any atom is 0.181 e. The van der Waals surface area contributed by atoms with Gasteiger partial charge in [-0.2, -0.15) is 0 Å². The van der Waals surface area contributed by atoms with Gasteiger partial charge >= 0.3 is 0 Å². The van der Waals surface area contributed by atoms with Crippen molar-refractivity contribution in [3.8, 4) is 11.5 Å². The van der Waals surface area contributed by atoms with E-state index in [9.17, 15) is 4.79 Å². The standard InChI is InChI=1S/C17H18N2O2/c18-13-4-6-14(7-5-13)21-15-9-10-19-16(11-15)17(20)8-3-12-1-2-12/h4-7,9-12H,1-3,8,18H2. The van der Waals surface area contributed by atoms with Gasteiger partial charge in [0.1, 0.15) is 17.2 Å². The topological polar surface area (TPSA) is 65.2 Å². The number of hydrogen-bond acceptors (Lipinski definition) is 4. The summed E-state index contributed by atoms with van der Waals surface area (Å²) >= 11 is 0. The zero-order valence-corrected chi connectivity index (χ0v) is 11.8. The molecule has 0 amide bonds. The third-order valence-corrected chi connectivity index (χ3v) is 3.61. The number of aromatic nitrogens is 1. The number of pyridine rings is 1. The molecule has 1 aromatic carbocycles. The summed E-state index contributed by atoms with van der Waals surface area (Å²) in [5.74, 6) is 2.14. The van der Waals surface area contributed by atoms with Crippen LogP contribution in [-0.2, 0) is 0 Å². The molecule has 0 atom stereocenters. The van der Waals surface area contributed by atoms with Crippen molar-refractivity contribution in [2.24, 2.45) is 5.92 Å². The minimum Gasteiger partial charge on any atom is -0.457 e. The van der Waals surface area contributed by atoms with Crippen molar-refractivity contribution in [3.63, 3.8) is 0 Å². The zero-order valence-electron chi connectivity index (χ0n) is 11.8. The number of Topliss-reactive ketones (excluding diaryl/α,β-unsaturated/α-hetero) is 1. The van der Waals surface area contributed by atoms with Crippen LogP contribution in [0.3, 0.4) is 0 Å². The van der Waals surface area contributed by atoms with Gasteiger partial charge < -0.3 is 10.5 Å². The van der Waals surface area contributed by atoms with Gasteiger partial charge in [-0.05, 0) is 42.7 Å². The predicted molar refractivity (Wildman–Crippen MR) is 81.5 cm³/mol. The monoisotopic (exact) mass is 282 g/mol. The van der Waals surface area contributed by atoms with Crippen molar-refractivity contribution in [1.29, 1.82) is 0 Å². The van der Waals surface area contributed by atoms with E-state index in [0.717, 1.165) is 12.3 Å². The van der Waals surface area contributed by atoms with E-state index < -0.39 is 0 Å². The summed E-state index contributed by atoms with van der Waals surface area (Å²) in [5, 5.41) is 0. The minimum absolute atomic E-state index is 0.0876. The second-order valence-corrected chi connectivity index (χ2v) is 5.45. The largest absolute Gasteiger partial charge is 0.457 e. The van der Waals surface area contributed by atoms with Gasteiger partial charge in [0.15, 0.2) is 5.78 Å². The number of nitrogens with zero attached hydrogens (tertiary/aromatic N) is 1. The summed E-state index contributed by atoms with van der Waals surface area (Å²) in [6.07, 6.45) is 5.69. The Morgan fingerprint density at radius 1 is 1.19 bits per heavy atom. The van der Waals surface area contributed by atoms with Crippen LogP contribution in [0.4, 0.5) is 5.69 Å². The molecule has 1 aliphatic rings. The highest BCUT2D eigenvalue weighted by Gasteiger charge is 2.22. The van der Waals surface area contributed by atoms with Gasteiger partial charge in [-0.3, -0.25) is 9.78 Å². The molecule has 0 saturated heterocycles. The number of hydrogen-bond donors (Lipinski definition) is 1. The normalized spacial score (nSPS) is 13.9. The number of anilines is 1. The predicted octanol–water partition coefficient (Wildman–Crippen LogP) is 3.83. The Bertz CT molecular complexity index is 633. The van der Waals surface area contributed by atoms with Crippen LogP contribution < -0.4 is 10.5 Å². The molecule has 0 bridgehead atoms. The van der Waals surface area contributed by atoms with Gasteiger partial charge in [-0.25, -0.2) is 0 Å². The average Bonchev–Trinajstić information content (AvgIpc) is 3.32. The van der Waals surface area contributed by atoms with Crippen molar-refractivity contribution >= 4 is 11.5 Å². The van der Waals surface area contributed by atoms with Gasteiger partial charge in [-0.1, -0.05) is 12.8 Å². The minimum atomic E-state index is 0.0876. The van der Waals surface area contributed by atoms with Crippen LogP contribution >= 0.6 is 0 Å². The van der Waals surface area contributed by atoms with E-state index in [1.54, 1.807) is 42.6 Å². The van der Waals surface area contributed by atoms with E-state index in [-0.39, 0.29) is 5.78 Å². The summed E-state index contributed by atoms with van der Waals surface area (Å²) in [6.45, 7) is 0. The van der Waals surface area contributed by atoms with Crippen LogP contribution in [0.15, 0.2) is 42.6 Å². The Morgan fingerprint density at radius 2 is 1.95 bits per heavy atom. The van der Waals surface area contributed by atoms with Crippen molar-refractivity contribution < 1.29 is 9.53 Å². The van der Waals surface area contributed by atoms with Crippen LogP contribution in [0.5, 0.6) is 11.5 Å². The first-order valence-electron chi connectivity index (χ1n) is 7.23. The molecule has 0 radical (unpaired) electrons. The lowest BCUT2D eigenvalue weighted by Gasteiger charge is -2.07. The van der Waals surface area contributed by atoms with Gasteiger partial charge in [0, 0.05) is 24.4 Å². The Morgan fingerprint density at radius 3 is 2.67 bits per heavy atom. The number of ether oxygens (including phenoxy) is 1. The van der Waals surface area contributed by atoms with Gasteiger partial charge in [0.25, 0.3) is 0 Å². The van der Waals surface area contributed by atoms with Crippen LogP contribution in [0.1, 0.15) is 36.2 Å².